The zero-order valence-electron chi connectivity index (χ0n) is 12.7. The average Bonchev–Trinajstić information content (AvgIpc) is 3.13. The summed E-state index contributed by atoms with van der Waals surface area (Å²) in [6, 6.07) is 7.90. The summed E-state index contributed by atoms with van der Waals surface area (Å²) in [4.78, 5) is 4.07. The molecule has 2 unspecified atom stereocenters. The molecule has 0 spiro atoms. The summed E-state index contributed by atoms with van der Waals surface area (Å²) in [5.74, 6) is -0.520. The van der Waals surface area contributed by atoms with E-state index in [4.69, 9.17) is 21.1 Å². The highest BCUT2D eigenvalue weighted by Crippen LogP contribution is 2.32. The molecule has 0 bridgehead atoms. The topological polar surface area (TPSA) is 36.3 Å². The Morgan fingerprint density at radius 3 is 2.82 bits per heavy atom. The van der Waals surface area contributed by atoms with Gasteiger partial charge in [-0.3, -0.25) is 0 Å². The Morgan fingerprint density at radius 1 is 1.36 bits per heavy atom. The fourth-order valence-corrected chi connectivity index (χ4v) is 3.01. The second-order valence-corrected chi connectivity index (χ2v) is 6.29. The van der Waals surface area contributed by atoms with Crippen LogP contribution in [0.1, 0.15) is 25.3 Å². The molecule has 1 aliphatic heterocycles. The van der Waals surface area contributed by atoms with Crippen molar-refractivity contribution >= 4 is 11.6 Å². The molecule has 2 aromatic rings. The Balaban J connectivity index is 1.64. The number of hydrogen-bond donors (Lipinski definition) is 0. The number of imidazole rings is 1. The third-order valence-electron chi connectivity index (χ3n) is 3.92. The zero-order chi connectivity index (χ0) is 15.4. The predicted molar refractivity (Wildman–Crippen MR) is 85.8 cm³/mol. The van der Waals surface area contributed by atoms with Gasteiger partial charge in [0.1, 0.15) is 0 Å². The summed E-state index contributed by atoms with van der Waals surface area (Å²) in [5.41, 5.74) is 1.18. The molecule has 2 heterocycles. The normalized spacial score (nSPS) is 24.7. The van der Waals surface area contributed by atoms with Crippen LogP contribution in [0.4, 0.5) is 0 Å². The highest BCUT2D eigenvalue weighted by molar-refractivity contribution is 6.30. The molecule has 118 valence electrons. The van der Waals surface area contributed by atoms with Gasteiger partial charge in [0.25, 0.3) is 0 Å². The smallest absolute Gasteiger partial charge is 0.172 e. The van der Waals surface area contributed by atoms with Gasteiger partial charge >= 0.3 is 0 Å². The first-order valence-corrected chi connectivity index (χ1v) is 8.05. The molecule has 1 aromatic carbocycles. The highest BCUT2D eigenvalue weighted by atomic mass is 35.5. The van der Waals surface area contributed by atoms with Crippen molar-refractivity contribution < 1.29 is 9.47 Å². The van der Waals surface area contributed by atoms with Crippen LogP contribution in [0.2, 0.25) is 5.02 Å². The first-order chi connectivity index (χ1) is 10.7. The van der Waals surface area contributed by atoms with Crippen LogP contribution in [-0.2, 0) is 22.4 Å². The number of nitrogens with zero attached hydrogens (tertiary/aromatic N) is 2. The van der Waals surface area contributed by atoms with Crippen molar-refractivity contribution in [1.29, 1.82) is 0 Å². The quantitative estimate of drug-likeness (QED) is 0.814. The molecule has 4 nitrogen and oxygen atoms in total. The number of aromatic nitrogens is 2. The van der Waals surface area contributed by atoms with Gasteiger partial charge < -0.3 is 14.0 Å². The number of benzene rings is 1. The van der Waals surface area contributed by atoms with E-state index in [1.165, 1.54) is 5.56 Å². The molecule has 1 aromatic heterocycles. The van der Waals surface area contributed by atoms with Crippen LogP contribution in [0.3, 0.4) is 0 Å². The van der Waals surface area contributed by atoms with Crippen LogP contribution in [0.15, 0.2) is 43.0 Å². The van der Waals surface area contributed by atoms with E-state index in [0.717, 1.165) is 30.8 Å². The van der Waals surface area contributed by atoms with Gasteiger partial charge in [0.2, 0.25) is 0 Å². The second kappa shape index (κ2) is 6.82. The average molecular weight is 321 g/mol. The second-order valence-electron chi connectivity index (χ2n) is 5.86. The van der Waals surface area contributed by atoms with Gasteiger partial charge in [-0.2, -0.15) is 0 Å². The van der Waals surface area contributed by atoms with E-state index < -0.39 is 5.79 Å². The molecule has 0 radical (unpaired) electrons. The summed E-state index contributed by atoms with van der Waals surface area (Å²) in [7, 11) is 0. The fourth-order valence-electron chi connectivity index (χ4n) is 2.88. The Morgan fingerprint density at radius 2 is 2.18 bits per heavy atom. The van der Waals surface area contributed by atoms with Crippen molar-refractivity contribution in [2.45, 2.75) is 44.6 Å². The molecule has 0 saturated carbocycles. The van der Waals surface area contributed by atoms with Crippen LogP contribution in [0.25, 0.3) is 0 Å². The molecule has 1 saturated heterocycles. The van der Waals surface area contributed by atoms with E-state index in [1.807, 2.05) is 36.8 Å². The van der Waals surface area contributed by atoms with Crippen molar-refractivity contribution in [3.05, 3.63) is 53.6 Å². The van der Waals surface area contributed by atoms with E-state index in [0.29, 0.717) is 6.61 Å². The van der Waals surface area contributed by atoms with Gasteiger partial charge in [0.15, 0.2) is 5.79 Å². The minimum absolute atomic E-state index is 0.139. The lowest BCUT2D eigenvalue weighted by Gasteiger charge is -2.28. The molecule has 0 aliphatic carbocycles. The third kappa shape index (κ3) is 3.88. The molecule has 1 fully saturated rings. The summed E-state index contributed by atoms with van der Waals surface area (Å²) >= 11 is 5.96. The van der Waals surface area contributed by atoms with Gasteiger partial charge in [-0.1, -0.05) is 23.7 Å². The van der Waals surface area contributed by atoms with Crippen LogP contribution < -0.4 is 0 Å². The molecule has 3 rings (SSSR count). The van der Waals surface area contributed by atoms with Crippen LogP contribution >= 0.6 is 11.6 Å². The number of rotatable bonds is 6. The first kappa shape index (κ1) is 15.5. The summed E-state index contributed by atoms with van der Waals surface area (Å²) < 4.78 is 14.2. The van der Waals surface area contributed by atoms with Crippen LogP contribution in [0, 0.1) is 0 Å². The fraction of sp³-hybridized carbons (Fsp3) is 0.471. The molecule has 5 heteroatoms. The van der Waals surface area contributed by atoms with E-state index in [1.54, 1.807) is 6.20 Å². The molecule has 1 aliphatic rings. The Labute approximate surface area is 136 Å². The molecular formula is C17H21ClN2O2. The maximum absolute atomic E-state index is 6.12. The van der Waals surface area contributed by atoms with Crippen molar-refractivity contribution in [2.75, 3.05) is 6.61 Å². The summed E-state index contributed by atoms with van der Waals surface area (Å²) in [6.45, 7) is 3.63. The Bertz CT molecular complexity index is 585. The van der Waals surface area contributed by atoms with E-state index in [2.05, 4.69) is 16.5 Å². The van der Waals surface area contributed by atoms with Crippen LogP contribution in [0.5, 0.6) is 0 Å². The van der Waals surface area contributed by atoms with Crippen LogP contribution in [-0.4, -0.2) is 28.0 Å². The summed E-state index contributed by atoms with van der Waals surface area (Å²) in [5, 5.41) is 0.750. The van der Waals surface area contributed by atoms with E-state index in [9.17, 15) is 0 Å². The van der Waals surface area contributed by atoms with Gasteiger partial charge in [-0.15, -0.1) is 0 Å². The maximum atomic E-state index is 6.12. The van der Waals surface area contributed by atoms with Crippen molar-refractivity contribution in [2.24, 2.45) is 0 Å². The Kier molecular flexibility index (Phi) is 4.81. The minimum Gasteiger partial charge on any atom is -0.347 e. The van der Waals surface area contributed by atoms with Crippen molar-refractivity contribution in [3.63, 3.8) is 0 Å². The standard InChI is InChI=1S/C17H21ClN2O2/c1-14-12-21-17(22-14,7-2-9-20-10-8-19-13-20)11-15-3-5-16(18)6-4-15/h3-6,8,10,13-14H,2,7,9,11-12H2,1H3. The monoisotopic (exact) mass is 320 g/mol. The largest absolute Gasteiger partial charge is 0.347 e. The van der Waals surface area contributed by atoms with Gasteiger partial charge in [0.05, 0.1) is 19.0 Å². The molecule has 0 amide bonds. The molecule has 22 heavy (non-hydrogen) atoms. The minimum atomic E-state index is -0.520. The number of hydrogen-bond acceptors (Lipinski definition) is 3. The van der Waals surface area contributed by atoms with Gasteiger partial charge in [-0.05, 0) is 31.0 Å². The number of halogens is 1. The van der Waals surface area contributed by atoms with E-state index >= 15 is 0 Å². The zero-order valence-corrected chi connectivity index (χ0v) is 13.5. The lowest BCUT2D eigenvalue weighted by molar-refractivity contribution is -0.171. The van der Waals surface area contributed by atoms with Crippen molar-refractivity contribution in [1.82, 2.24) is 9.55 Å². The predicted octanol–water partition coefficient (Wildman–Crippen LogP) is 3.69. The van der Waals surface area contributed by atoms with Crippen molar-refractivity contribution in [3.8, 4) is 0 Å². The number of aryl methyl sites for hydroxylation is 1. The summed E-state index contributed by atoms with van der Waals surface area (Å²) in [6.07, 6.45) is 8.34. The third-order valence-corrected chi connectivity index (χ3v) is 4.17. The first-order valence-electron chi connectivity index (χ1n) is 7.67. The van der Waals surface area contributed by atoms with E-state index in [-0.39, 0.29) is 6.10 Å². The number of ether oxygens (including phenoxy) is 2. The maximum Gasteiger partial charge on any atom is 0.172 e. The van der Waals surface area contributed by atoms with Gasteiger partial charge in [-0.25, -0.2) is 4.98 Å². The lowest BCUT2D eigenvalue weighted by Crippen LogP contribution is -2.34. The molecular weight excluding hydrogens is 300 g/mol. The van der Waals surface area contributed by atoms with Gasteiger partial charge in [0, 0.05) is 36.8 Å². The highest BCUT2D eigenvalue weighted by Gasteiger charge is 2.39. The Hall–Kier alpha value is -1.36. The SMILES string of the molecule is CC1COC(CCCn2ccnc2)(Cc2ccc(Cl)cc2)O1. The lowest BCUT2D eigenvalue weighted by atomic mass is 10.0. The molecule has 2 atom stereocenters. The molecule has 0 N–H and O–H groups in total.